The summed E-state index contributed by atoms with van der Waals surface area (Å²) in [4.78, 5) is 3.56. The van der Waals surface area contributed by atoms with Gasteiger partial charge in [0.15, 0.2) is 0 Å². The molecule has 106 valence electrons. The van der Waals surface area contributed by atoms with Gasteiger partial charge in [-0.05, 0) is 24.3 Å². The third-order valence-electron chi connectivity index (χ3n) is 2.26. The Morgan fingerprint density at radius 3 is 2.30 bits per heavy atom. The van der Waals surface area contributed by atoms with E-state index in [1.165, 1.54) is 24.3 Å². The van der Waals surface area contributed by atoms with Crippen molar-refractivity contribution < 1.29 is 8.42 Å². The van der Waals surface area contributed by atoms with Gasteiger partial charge in [0.25, 0.3) is 10.0 Å². The molecule has 20 heavy (non-hydrogen) atoms. The molecule has 0 unspecified atom stereocenters. The summed E-state index contributed by atoms with van der Waals surface area (Å²) in [5, 5.41) is 0.634. The van der Waals surface area contributed by atoms with E-state index in [0.29, 0.717) is 5.02 Å². The Morgan fingerprint density at radius 2 is 1.70 bits per heavy atom. The van der Waals surface area contributed by atoms with E-state index in [-0.39, 0.29) is 25.8 Å². The van der Waals surface area contributed by atoms with Crippen LogP contribution in [-0.4, -0.2) is 13.4 Å². The van der Waals surface area contributed by atoms with Crippen LogP contribution in [0.1, 0.15) is 0 Å². The average molecular weight is 372 g/mol. The number of sulfonamides is 1. The molecule has 9 heteroatoms. The number of hydrogen-bond donors (Lipinski definition) is 1. The molecule has 0 radical (unpaired) electrons. The molecule has 1 aromatic heterocycles. The quantitative estimate of drug-likeness (QED) is 0.808. The van der Waals surface area contributed by atoms with Crippen molar-refractivity contribution in [2.24, 2.45) is 0 Å². The summed E-state index contributed by atoms with van der Waals surface area (Å²) in [5.41, 5.74) is 0.196. The molecule has 0 atom stereocenters. The summed E-state index contributed by atoms with van der Waals surface area (Å²) in [6.07, 6.45) is 1.10. The molecule has 0 spiro atoms. The number of hydrogen-bond acceptors (Lipinski definition) is 3. The standard InChI is InChI=1S/C11H6Cl4N2O2S/c12-6-1-2-10(8(13)3-6)17-20(18,19)7-4-9(14)11(15)16-5-7/h1-5,17H. The van der Waals surface area contributed by atoms with Gasteiger partial charge in [-0.2, -0.15) is 0 Å². The van der Waals surface area contributed by atoms with E-state index in [0.717, 1.165) is 6.20 Å². The van der Waals surface area contributed by atoms with Crippen molar-refractivity contribution in [3.63, 3.8) is 0 Å². The molecule has 1 aromatic carbocycles. The molecular formula is C11H6Cl4N2O2S. The van der Waals surface area contributed by atoms with E-state index in [4.69, 9.17) is 46.4 Å². The van der Waals surface area contributed by atoms with Gasteiger partial charge in [0.1, 0.15) is 10.0 Å². The van der Waals surface area contributed by atoms with Gasteiger partial charge < -0.3 is 0 Å². The number of rotatable bonds is 3. The van der Waals surface area contributed by atoms with Gasteiger partial charge in [0, 0.05) is 11.2 Å². The molecule has 2 rings (SSSR count). The predicted octanol–water partition coefficient (Wildman–Crippen LogP) is 4.50. The van der Waals surface area contributed by atoms with Crippen LogP contribution < -0.4 is 4.72 Å². The number of benzene rings is 1. The molecule has 0 amide bonds. The maximum atomic E-state index is 12.2. The van der Waals surface area contributed by atoms with E-state index >= 15 is 0 Å². The number of nitrogens with zero attached hydrogens (tertiary/aromatic N) is 1. The van der Waals surface area contributed by atoms with Crippen molar-refractivity contribution in [1.29, 1.82) is 0 Å². The monoisotopic (exact) mass is 370 g/mol. The second kappa shape index (κ2) is 5.95. The first-order valence-electron chi connectivity index (χ1n) is 5.08. The summed E-state index contributed by atoms with van der Waals surface area (Å²) in [6.45, 7) is 0. The minimum Gasteiger partial charge on any atom is -0.278 e. The van der Waals surface area contributed by atoms with Crippen LogP contribution in [0.5, 0.6) is 0 Å². The Hall–Kier alpha value is -0.720. The number of pyridine rings is 1. The van der Waals surface area contributed by atoms with Gasteiger partial charge in [-0.25, -0.2) is 13.4 Å². The molecule has 1 N–H and O–H groups in total. The molecule has 0 bridgehead atoms. The SMILES string of the molecule is O=S(=O)(Nc1ccc(Cl)cc1Cl)c1cnc(Cl)c(Cl)c1. The van der Waals surface area contributed by atoms with Crippen LogP contribution in [0.4, 0.5) is 5.69 Å². The number of nitrogens with one attached hydrogen (secondary N) is 1. The highest BCUT2D eigenvalue weighted by Crippen LogP contribution is 2.28. The average Bonchev–Trinajstić information content (AvgIpc) is 2.36. The lowest BCUT2D eigenvalue weighted by atomic mass is 10.3. The van der Waals surface area contributed by atoms with Crippen molar-refractivity contribution in [3.8, 4) is 0 Å². The number of halogens is 4. The Kier molecular flexibility index (Phi) is 4.66. The number of anilines is 1. The van der Waals surface area contributed by atoms with Crippen molar-refractivity contribution in [1.82, 2.24) is 4.98 Å². The Bertz CT molecular complexity index is 765. The Morgan fingerprint density at radius 1 is 1.00 bits per heavy atom. The molecule has 0 aliphatic carbocycles. The van der Waals surface area contributed by atoms with Crippen LogP contribution in [0.2, 0.25) is 20.2 Å². The minimum absolute atomic E-state index is 0.0233. The second-order valence-electron chi connectivity index (χ2n) is 3.67. The first-order valence-corrected chi connectivity index (χ1v) is 8.08. The highest BCUT2D eigenvalue weighted by atomic mass is 35.5. The smallest absolute Gasteiger partial charge is 0.263 e. The van der Waals surface area contributed by atoms with Crippen LogP contribution in [0.3, 0.4) is 0 Å². The van der Waals surface area contributed by atoms with Crippen molar-refractivity contribution in [3.05, 3.63) is 50.7 Å². The summed E-state index contributed by atoms with van der Waals surface area (Å²) < 4.78 is 26.6. The van der Waals surface area contributed by atoms with Gasteiger partial charge in [0.05, 0.1) is 15.7 Å². The van der Waals surface area contributed by atoms with Gasteiger partial charge >= 0.3 is 0 Å². The first kappa shape index (κ1) is 15.7. The van der Waals surface area contributed by atoms with Crippen LogP contribution >= 0.6 is 46.4 Å². The van der Waals surface area contributed by atoms with Crippen molar-refractivity contribution >= 4 is 62.1 Å². The maximum absolute atomic E-state index is 12.2. The van der Waals surface area contributed by atoms with Crippen LogP contribution in [0.15, 0.2) is 35.4 Å². The maximum Gasteiger partial charge on any atom is 0.263 e. The summed E-state index contributed by atoms with van der Waals surface area (Å²) in [7, 11) is -3.87. The highest BCUT2D eigenvalue weighted by molar-refractivity contribution is 7.92. The summed E-state index contributed by atoms with van der Waals surface area (Å²) in [5.74, 6) is 0. The molecule has 0 aliphatic rings. The van der Waals surface area contributed by atoms with E-state index in [1.54, 1.807) is 0 Å². The van der Waals surface area contributed by atoms with Gasteiger partial charge in [-0.3, -0.25) is 4.72 Å². The lowest BCUT2D eigenvalue weighted by Gasteiger charge is -2.10. The fourth-order valence-corrected chi connectivity index (χ4v) is 3.22. The normalized spacial score (nSPS) is 11.4. The van der Waals surface area contributed by atoms with Crippen LogP contribution in [0.25, 0.3) is 0 Å². The van der Waals surface area contributed by atoms with Crippen LogP contribution in [0, 0.1) is 0 Å². The second-order valence-corrected chi connectivity index (χ2v) is 6.96. The minimum atomic E-state index is -3.87. The Balaban J connectivity index is 2.38. The first-order chi connectivity index (χ1) is 9.29. The lowest BCUT2D eigenvalue weighted by molar-refractivity contribution is 0.601. The third-order valence-corrected chi connectivity index (χ3v) is 4.82. The fourth-order valence-electron chi connectivity index (χ4n) is 1.33. The zero-order valence-corrected chi connectivity index (χ0v) is 13.4. The lowest BCUT2D eigenvalue weighted by Crippen LogP contribution is -2.13. The molecule has 0 fully saturated rings. The van der Waals surface area contributed by atoms with E-state index in [1.807, 2.05) is 0 Å². The zero-order valence-electron chi connectivity index (χ0n) is 9.57. The molecule has 0 saturated carbocycles. The van der Waals surface area contributed by atoms with E-state index in [9.17, 15) is 8.42 Å². The summed E-state index contributed by atoms with van der Waals surface area (Å²) in [6, 6.07) is 5.59. The van der Waals surface area contributed by atoms with Gasteiger partial charge in [0.2, 0.25) is 0 Å². The van der Waals surface area contributed by atoms with Crippen molar-refractivity contribution in [2.45, 2.75) is 4.90 Å². The van der Waals surface area contributed by atoms with E-state index < -0.39 is 10.0 Å². The molecule has 0 saturated heterocycles. The molecule has 0 aliphatic heterocycles. The van der Waals surface area contributed by atoms with E-state index in [2.05, 4.69) is 9.71 Å². The third kappa shape index (κ3) is 3.48. The van der Waals surface area contributed by atoms with Gasteiger partial charge in [-0.1, -0.05) is 46.4 Å². The molecule has 4 nitrogen and oxygen atoms in total. The highest BCUT2D eigenvalue weighted by Gasteiger charge is 2.17. The molecule has 1 heterocycles. The number of aromatic nitrogens is 1. The predicted molar refractivity (Wildman–Crippen MR) is 81.5 cm³/mol. The topological polar surface area (TPSA) is 59.1 Å². The largest absolute Gasteiger partial charge is 0.278 e. The zero-order chi connectivity index (χ0) is 14.9. The molecule has 2 aromatic rings. The molecular weight excluding hydrogens is 366 g/mol. The van der Waals surface area contributed by atoms with Gasteiger partial charge in [-0.15, -0.1) is 0 Å². The van der Waals surface area contributed by atoms with Crippen molar-refractivity contribution in [2.75, 3.05) is 4.72 Å². The summed E-state index contributed by atoms with van der Waals surface area (Å²) >= 11 is 23.0. The fraction of sp³-hybridized carbons (Fsp3) is 0. The Labute approximate surface area is 135 Å². The van der Waals surface area contributed by atoms with Crippen LogP contribution in [-0.2, 0) is 10.0 Å².